The van der Waals surface area contributed by atoms with Crippen molar-refractivity contribution in [2.75, 3.05) is 13.4 Å². The molecule has 0 radical (unpaired) electrons. The molecule has 4 heteroatoms. The molecule has 0 saturated heterocycles. The molecule has 3 nitrogen and oxygen atoms in total. The minimum absolute atomic E-state index is 0.0428. The normalized spacial score (nSPS) is 14.5. The molecule has 0 fully saturated rings. The lowest BCUT2D eigenvalue weighted by molar-refractivity contribution is -0.221. The van der Waals surface area contributed by atoms with Crippen LogP contribution in [0.25, 0.3) is 5.57 Å². The van der Waals surface area contributed by atoms with Crippen LogP contribution in [0.3, 0.4) is 0 Å². The van der Waals surface area contributed by atoms with Crippen LogP contribution in [0.1, 0.15) is 45.1 Å². The minimum Gasteiger partial charge on any atom is -0.354 e. The molecule has 0 aliphatic heterocycles. The monoisotopic (exact) mass is 281 g/mol. The summed E-state index contributed by atoms with van der Waals surface area (Å²) in [7, 11) is 1.65. The minimum atomic E-state index is -0.590. The maximum absolute atomic E-state index is 5.89. The Kier molecular flexibility index (Phi) is 6.04. The van der Waals surface area contributed by atoms with Crippen LogP contribution in [0.5, 0.6) is 0 Å². The molecule has 0 aliphatic rings. The molecule has 1 rings (SSSR count). The molecular formula is C15H23NO2S. The van der Waals surface area contributed by atoms with Crippen LogP contribution < -0.4 is 0 Å². The predicted octanol–water partition coefficient (Wildman–Crippen LogP) is 4.27. The number of pyridine rings is 1. The Morgan fingerprint density at radius 1 is 1.47 bits per heavy atom. The molecule has 1 aromatic heterocycles. The van der Waals surface area contributed by atoms with Gasteiger partial charge in [0.05, 0.1) is 11.8 Å². The van der Waals surface area contributed by atoms with Crippen molar-refractivity contribution < 1.29 is 9.47 Å². The third-order valence-electron chi connectivity index (χ3n) is 2.90. The first-order valence-electron chi connectivity index (χ1n) is 6.28. The molecule has 0 bridgehead atoms. The van der Waals surface area contributed by atoms with Gasteiger partial charge in [-0.2, -0.15) is 0 Å². The Morgan fingerprint density at radius 3 is 2.74 bits per heavy atom. The summed E-state index contributed by atoms with van der Waals surface area (Å²) in [6, 6.07) is 4.05. The number of rotatable bonds is 6. The summed E-state index contributed by atoms with van der Waals surface area (Å²) in [5.41, 5.74) is 3.24. The number of thioether (sulfide) groups is 1. The van der Waals surface area contributed by atoms with E-state index in [4.69, 9.17) is 9.47 Å². The zero-order valence-electron chi connectivity index (χ0n) is 12.6. The van der Waals surface area contributed by atoms with Gasteiger partial charge >= 0.3 is 0 Å². The van der Waals surface area contributed by atoms with E-state index >= 15 is 0 Å². The van der Waals surface area contributed by atoms with Crippen molar-refractivity contribution in [1.29, 1.82) is 0 Å². The number of methoxy groups -OCH3 is 1. The largest absolute Gasteiger partial charge is 0.354 e. The van der Waals surface area contributed by atoms with Gasteiger partial charge in [0.25, 0.3) is 0 Å². The Hall–Kier alpha value is -0.840. The van der Waals surface area contributed by atoms with Crippen molar-refractivity contribution in [1.82, 2.24) is 4.98 Å². The Bertz CT molecular complexity index is 444. The number of hydrogen-bond acceptors (Lipinski definition) is 4. The van der Waals surface area contributed by atoms with Crippen LogP contribution in [0.4, 0.5) is 0 Å². The topological polar surface area (TPSA) is 31.4 Å². The number of aromatic nitrogens is 1. The summed E-state index contributed by atoms with van der Waals surface area (Å²) in [6.07, 6.45) is 3.82. The number of hydrogen-bond donors (Lipinski definition) is 0. The van der Waals surface area contributed by atoms with Gasteiger partial charge in [-0.1, -0.05) is 0 Å². The number of nitrogens with zero attached hydrogens (tertiary/aromatic N) is 1. The molecule has 0 amide bonds. The first kappa shape index (κ1) is 16.2. The molecule has 0 aromatic carbocycles. The second-order valence-electron chi connectivity index (χ2n) is 4.88. The molecule has 1 atom stereocenters. The second-order valence-corrected chi connectivity index (χ2v) is 5.58. The van der Waals surface area contributed by atoms with Crippen LogP contribution in [0.2, 0.25) is 0 Å². The zero-order chi connectivity index (χ0) is 14.5. The van der Waals surface area contributed by atoms with Gasteiger partial charge in [0.2, 0.25) is 0 Å². The van der Waals surface area contributed by atoms with Crippen LogP contribution in [-0.2, 0) is 9.47 Å². The van der Waals surface area contributed by atoms with Crippen molar-refractivity contribution in [3.05, 3.63) is 35.0 Å². The lowest BCUT2D eigenvalue weighted by Gasteiger charge is -2.28. The number of allylic oxidation sites excluding steroid dienone is 1. The van der Waals surface area contributed by atoms with Gasteiger partial charge in [0, 0.05) is 13.3 Å². The molecule has 0 saturated carbocycles. The van der Waals surface area contributed by atoms with E-state index in [0.29, 0.717) is 0 Å². The fourth-order valence-electron chi connectivity index (χ4n) is 1.69. The van der Waals surface area contributed by atoms with Crippen LogP contribution in [-0.4, -0.2) is 24.1 Å². The SMILES string of the molecule is COC(C)(C)OC(C)c1ccnc(C(C)=CSC)c1. The summed E-state index contributed by atoms with van der Waals surface area (Å²) in [5.74, 6) is -0.590. The van der Waals surface area contributed by atoms with Crippen molar-refractivity contribution in [3.63, 3.8) is 0 Å². The third kappa shape index (κ3) is 4.97. The van der Waals surface area contributed by atoms with Gasteiger partial charge < -0.3 is 9.47 Å². The summed E-state index contributed by atoms with van der Waals surface area (Å²) in [4.78, 5) is 4.39. The average molecular weight is 281 g/mol. The van der Waals surface area contributed by atoms with E-state index in [1.807, 2.05) is 39.3 Å². The zero-order valence-corrected chi connectivity index (χ0v) is 13.4. The van der Waals surface area contributed by atoms with E-state index in [0.717, 1.165) is 16.8 Å². The fraction of sp³-hybridized carbons (Fsp3) is 0.533. The van der Waals surface area contributed by atoms with Gasteiger partial charge in [-0.15, -0.1) is 11.8 Å². The van der Waals surface area contributed by atoms with Gasteiger partial charge in [-0.05, 0) is 62.6 Å². The van der Waals surface area contributed by atoms with Crippen molar-refractivity contribution in [2.45, 2.75) is 39.6 Å². The maximum Gasteiger partial charge on any atom is 0.163 e. The summed E-state index contributed by atoms with van der Waals surface area (Å²) in [5, 5.41) is 2.09. The highest BCUT2D eigenvalue weighted by atomic mass is 32.2. The van der Waals surface area contributed by atoms with Gasteiger partial charge in [0.15, 0.2) is 5.79 Å². The van der Waals surface area contributed by atoms with E-state index < -0.39 is 5.79 Å². The van der Waals surface area contributed by atoms with Gasteiger partial charge in [-0.3, -0.25) is 4.98 Å². The first-order valence-corrected chi connectivity index (χ1v) is 7.57. The van der Waals surface area contributed by atoms with Crippen LogP contribution in [0.15, 0.2) is 23.7 Å². The predicted molar refractivity (Wildman–Crippen MR) is 82.0 cm³/mol. The Morgan fingerprint density at radius 2 is 2.16 bits per heavy atom. The quantitative estimate of drug-likeness (QED) is 0.729. The maximum atomic E-state index is 5.89. The lowest BCUT2D eigenvalue weighted by atomic mass is 10.1. The smallest absolute Gasteiger partial charge is 0.163 e. The Labute approximate surface area is 120 Å². The van der Waals surface area contributed by atoms with Crippen molar-refractivity contribution >= 4 is 17.3 Å². The molecule has 0 aliphatic carbocycles. The molecule has 0 N–H and O–H groups in total. The molecule has 1 heterocycles. The van der Waals surface area contributed by atoms with Crippen LogP contribution in [0, 0.1) is 0 Å². The van der Waals surface area contributed by atoms with Crippen molar-refractivity contribution in [3.8, 4) is 0 Å². The van der Waals surface area contributed by atoms with E-state index in [9.17, 15) is 0 Å². The van der Waals surface area contributed by atoms with Gasteiger partial charge in [0.1, 0.15) is 0 Å². The van der Waals surface area contributed by atoms with Gasteiger partial charge in [-0.25, -0.2) is 0 Å². The van der Waals surface area contributed by atoms with Crippen molar-refractivity contribution in [2.24, 2.45) is 0 Å². The highest BCUT2D eigenvalue weighted by molar-refractivity contribution is 8.01. The fourth-order valence-corrected chi connectivity index (χ4v) is 2.17. The van der Waals surface area contributed by atoms with E-state index in [1.54, 1.807) is 18.9 Å². The molecule has 106 valence electrons. The molecule has 1 unspecified atom stereocenters. The summed E-state index contributed by atoms with van der Waals surface area (Å²) >= 11 is 1.68. The van der Waals surface area contributed by atoms with E-state index in [1.165, 1.54) is 0 Å². The molecule has 1 aromatic rings. The molecule has 0 spiro atoms. The second kappa shape index (κ2) is 7.08. The number of ether oxygens (including phenoxy) is 2. The summed E-state index contributed by atoms with van der Waals surface area (Å²) < 4.78 is 11.2. The first-order chi connectivity index (χ1) is 8.89. The molecular weight excluding hydrogens is 258 g/mol. The standard InChI is InChI=1S/C15H23NO2S/c1-11(10-19-6)14-9-13(7-8-16-14)12(2)18-15(3,4)17-5/h7-10,12H,1-6H3. The van der Waals surface area contributed by atoms with E-state index in [-0.39, 0.29) is 6.10 Å². The highest BCUT2D eigenvalue weighted by Crippen LogP contribution is 2.25. The summed E-state index contributed by atoms with van der Waals surface area (Å²) in [6.45, 7) is 7.90. The lowest BCUT2D eigenvalue weighted by Crippen LogP contribution is -2.28. The molecule has 19 heavy (non-hydrogen) atoms. The van der Waals surface area contributed by atoms with Crippen LogP contribution >= 0.6 is 11.8 Å². The van der Waals surface area contributed by atoms with E-state index in [2.05, 4.69) is 23.4 Å². The highest BCUT2D eigenvalue weighted by Gasteiger charge is 2.21. The third-order valence-corrected chi connectivity index (χ3v) is 3.49. The average Bonchev–Trinajstić information content (AvgIpc) is 2.38. The Balaban J connectivity index is 2.90.